The molecule has 0 bridgehead atoms. The van der Waals surface area contributed by atoms with E-state index >= 15 is 0 Å². The van der Waals surface area contributed by atoms with Crippen molar-refractivity contribution in [3.8, 4) is 11.1 Å². The lowest BCUT2D eigenvalue weighted by atomic mass is 9.67. The van der Waals surface area contributed by atoms with Gasteiger partial charge in [-0.1, -0.05) is 230 Å². The van der Waals surface area contributed by atoms with Crippen LogP contribution in [0, 0.1) is 0 Å². The number of anilines is 6. The van der Waals surface area contributed by atoms with E-state index in [1.165, 1.54) is 49.9 Å². The summed E-state index contributed by atoms with van der Waals surface area (Å²) in [5.41, 5.74) is 18.5. The monoisotopic (exact) mass is 1020 g/mol. The van der Waals surface area contributed by atoms with Gasteiger partial charge in [0.05, 0.1) is 22.5 Å². The molecule has 0 amide bonds. The molecule has 0 saturated heterocycles. The largest absolute Gasteiger partial charge is 0.454 e. The number of nitrogens with zero attached hydrogens (tertiary/aromatic N) is 2. The highest BCUT2D eigenvalue weighted by atomic mass is 16.3. The molecule has 14 rings (SSSR count). The van der Waals surface area contributed by atoms with Crippen molar-refractivity contribution >= 4 is 88.8 Å². The van der Waals surface area contributed by atoms with Crippen LogP contribution in [0.5, 0.6) is 0 Å². The first kappa shape index (κ1) is 48.3. The third-order valence-corrected chi connectivity index (χ3v) is 17.8. The van der Waals surface area contributed by atoms with Gasteiger partial charge in [-0.25, -0.2) is 0 Å². The highest BCUT2D eigenvalue weighted by molar-refractivity contribution is 6.16. The van der Waals surface area contributed by atoms with Crippen molar-refractivity contribution in [3.05, 3.63) is 276 Å². The first-order valence-electron chi connectivity index (χ1n) is 28.0. The lowest BCUT2D eigenvalue weighted by Gasteiger charge is -2.36. The first-order valence-corrected chi connectivity index (χ1v) is 28.0. The Labute approximate surface area is 462 Å². The van der Waals surface area contributed by atoms with Crippen LogP contribution < -0.4 is 9.80 Å². The third-order valence-electron chi connectivity index (χ3n) is 17.8. The van der Waals surface area contributed by atoms with Crippen LogP contribution in [0.4, 0.5) is 34.1 Å². The van der Waals surface area contributed by atoms with Crippen LogP contribution in [0.3, 0.4) is 0 Å². The molecule has 4 nitrogen and oxygen atoms in total. The summed E-state index contributed by atoms with van der Waals surface area (Å²) in [5.74, 6) is 0. The minimum Gasteiger partial charge on any atom is -0.454 e. The Bertz CT molecular complexity index is 4420. The van der Waals surface area contributed by atoms with Crippen molar-refractivity contribution in [3.63, 3.8) is 0 Å². The molecule has 11 aromatic carbocycles. The normalized spacial score (nSPS) is 13.1. The van der Waals surface area contributed by atoms with Crippen molar-refractivity contribution in [2.45, 2.75) is 70.6 Å². The number of furan rings is 2. The maximum atomic E-state index is 7.29. The second-order valence-corrected chi connectivity index (χ2v) is 22.8. The Hall–Kier alpha value is -9.12. The van der Waals surface area contributed by atoms with Gasteiger partial charge in [0.15, 0.2) is 11.2 Å². The Balaban J connectivity index is 1.07. The van der Waals surface area contributed by atoms with Gasteiger partial charge in [-0.2, -0.15) is 0 Å². The predicted octanol–water partition coefficient (Wildman–Crippen LogP) is 21.3. The minimum absolute atomic E-state index is 0.0709. The molecule has 1 aliphatic rings. The molecular weight excluding hydrogens is 961 g/mol. The van der Waals surface area contributed by atoms with Crippen LogP contribution in [-0.4, -0.2) is 0 Å². The van der Waals surface area contributed by atoms with E-state index in [-0.39, 0.29) is 10.8 Å². The highest BCUT2D eigenvalue weighted by Crippen LogP contribution is 2.61. The Morgan fingerprint density at radius 1 is 0.342 bits per heavy atom. The topological polar surface area (TPSA) is 32.8 Å². The van der Waals surface area contributed by atoms with Crippen molar-refractivity contribution in [2.24, 2.45) is 0 Å². The van der Waals surface area contributed by atoms with E-state index in [2.05, 4.69) is 294 Å². The summed E-state index contributed by atoms with van der Waals surface area (Å²) in [6.07, 6.45) is 1.98. The molecule has 0 fully saturated rings. The smallest absolute Gasteiger partial charge is 0.159 e. The number of hydrogen-bond donors (Lipinski definition) is 0. The molecule has 2 heterocycles. The van der Waals surface area contributed by atoms with Crippen molar-refractivity contribution in [1.29, 1.82) is 0 Å². The van der Waals surface area contributed by atoms with E-state index in [1.54, 1.807) is 0 Å². The van der Waals surface area contributed by atoms with Gasteiger partial charge in [-0.15, -0.1) is 0 Å². The van der Waals surface area contributed by atoms with Crippen LogP contribution in [0.1, 0.15) is 87.8 Å². The lowest BCUT2D eigenvalue weighted by molar-refractivity contribution is 0.500. The zero-order chi connectivity index (χ0) is 53.6. The zero-order valence-electron chi connectivity index (χ0n) is 45.7. The fourth-order valence-electron chi connectivity index (χ4n) is 13.0. The minimum atomic E-state index is -0.773. The molecule has 0 unspecified atom stereocenters. The van der Waals surface area contributed by atoms with E-state index in [0.29, 0.717) is 0 Å². The van der Waals surface area contributed by atoms with Crippen LogP contribution in [-0.2, 0) is 16.2 Å². The molecule has 13 aromatic rings. The molecule has 1 aliphatic carbocycles. The van der Waals surface area contributed by atoms with E-state index in [0.717, 1.165) is 96.2 Å². The lowest BCUT2D eigenvalue weighted by Crippen LogP contribution is -2.29. The Morgan fingerprint density at radius 3 is 1.27 bits per heavy atom. The summed E-state index contributed by atoms with van der Waals surface area (Å²) < 4.78 is 14.5. The third kappa shape index (κ3) is 7.34. The van der Waals surface area contributed by atoms with Gasteiger partial charge in [0, 0.05) is 55.1 Å². The summed E-state index contributed by atoms with van der Waals surface area (Å²) in [4.78, 5) is 4.85. The summed E-state index contributed by atoms with van der Waals surface area (Å²) in [7, 11) is 0. The molecule has 0 aliphatic heterocycles. The molecule has 4 heteroatoms. The van der Waals surface area contributed by atoms with Crippen LogP contribution in [0.2, 0.25) is 0 Å². The standard InChI is InChI=1S/C75H62N2O2/c1-7-73(3,4)61-41-23-37-56-58-39-25-43-65(71(58)78-69(56)61)76(51-31-17-11-18-32-51)53-45-46-60-63(47-53)75(49-27-13-9-14-28-49,50-29-15-10-16-30-50)64-48-67(54-35-21-22-36-55(54)68(60)64)77(52-33-19-12-20-34-52)66-44-26-40-59-57-38-24-42-62(74(5,6)8-2)70(57)79-72(59)66/h9-48H,7-8H2,1-6H3. The SMILES string of the molecule is CCC(C)(C)c1cccc2c1oc1c(N(c3ccccc3)c3ccc4c(c3)C(c3ccccc3)(c3ccccc3)c3cc(N(c5ccccc5)c5cccc6c5oc5c(C(C)(C)CC)cccc56)c5ccccc5c3-4)cccc12. The maximum Gasteiger partial charge on any atom is 0.159 e. The van der Waals surface area contributed by atoms with Gasteiger partial charge >= 0.3 is 0 Å². The zero-order valence-corrected chi connectivity index (χ0v) is 45.7. The molecule has 0 spiro atoms. The molecule has 0 saturated carbocycles. The predicted molar refractivity (Wildman–Crippen MR) is 332 cm³/mol. The van der Waals surface area contributed by atoms with Crippen molar-refractivity contribution in [1.82, 2.24) is 0 Å². The van der Waals surface area contributed by atoms with E-state index in [1.807, 2.05) is 0 Å². The van der Waals surface area contributed by atoms with Gasteiger partial charge in [-0.05, 0) is 117 Å². The molecule has 2 aromatic heterocycles. The molecule has 384 valence electrons. The second kappa shape index (κ2) is 18.5. The number of rotatable bonds is 12. The van der Waals surface area contributed by atoms with Crippen molar-refractivity contribution in [2.75, 3.05) is 9.80 Å². The fourth-order valence-corrected chi connectivity index (χ4v) is 13.0. The summed E-state index contributed by atoms with van der Waals surface area (Å²) in [6.45, 7) is 13.8. The summed E-state index contributed by atoms with van der Waals surface area (Å²) in [6, 6.07) is 89.3. The van der Waals surface area contributed by atoms with Gasteiger partial charge in [0.2, 0.25) is 0 Å². The molecule has 79 heavy (non-hydrogen) atoms. The number of para-hydroxylation sites is 6. The number of benzene rings is 11. The molecule has 0 atom stereocenters. The van der Waals surface area contributed by atoms with Gasteiger partial charge in [0.25, 0.3) is 0 Å². The summed E-state index contributed by atoms with van der Waals surface area (Å²) in [5, 5.41) is 6.79. The fraction of sp³-hybridized carbons (Fsp3) is 0.147. The van der Waals surface area contributed by atoms with E-state index in [4.69, 9.17) is 8.83 Å². The highest BCUT2D eigenvalue weighted by Gasteiger charge is 2.48. The average molecular weight is 1020 g/mol. The van der Waals surface area contributed by atoms with E-state index in [9.17, 15) is 0 Å². The first-order chi connectivity index (χ1) is 38.6. The molecular formula is C75H62N2O2. The van der Waals surface area contributed by atoms with Crippen molar-refractivity contribution < 1.29 is 8.83 Å². The van der Waals surface area contributed by atoms with Crippen LogP contribution in [0.25, 0.3) is 65.8 Å². The average Bonchev–Trinajstić information content (AvgIpc) is 2.68. The van der Waals surface area contributed by atoms with Gasteiger partial charge < -0.3 is 18.6 Å². The van der Waals surface area contributed by atoms with Crippen LogP contribution >= 0.6 is 0 Å². The summed E-state index contributed by atoms with van der Waals surface area (Å²) >= 11 is 0. The quantitative estimate of drug-likeness (QED) is 0.122. The van der Waals surface area contributed by atoms with Gasteiger partial charge in [-0.3, -0.25) is 0 Å². The maximum absolute atomic E-state index is 7.29. The molecule has 0 radical (unpaired) electrons. The second-order valence-electron chi connectivity index (χ2n) is 22.8. The molecule has 0 N–H and O–H groups in total. The van der Waals surface area contributed by atoms with Crippen LogP contribution in [0.15, 0.2) is 251 Å². The van der Waals surface area contributed by atoms with E-state index < -0.39 is 5.41 Å². The Morgan fingerprint density at radius 2 is 0.759 bits per heavy atom. The Kier molecular flexibility index (Phi) is 11.3. The number of hydrogen-bond acceptors (Lipinski definition) is 4. The van der Waals surface area contributed by atoms with Gasteiger partial charge in [0.1, 0.15) is 11.2 Å². The number of fused-ring (bicyclic) bond motifs is 11.